The maximum Gasteiger partial charge on any atom is 0.143 e. The van der Waals surface area contributed by atoms with Crippen molar-refractivity contribution in [3.05, 3.63) is 23.8 Å². The normalized spacial score (nSPS) is 9.75. The highest BCUT2D eigenvalue weighted by atomic mass is 19.1. The minimum absolute atomic E-state index is 0.132. The predicted molar refractivity (Wildman–Crippen MR) is 30.1 cm³/mol. The van der Waals surface area contributed by atoms with Crippen molar-refractivity contribution in [3.8, 4) is 0 Å². The second kappa shape index (κ2) is 1.99. The van der Waals surface area contributed by atoms with E-state index in [1.807, 2.05) is 6.92 Å². The van der Waals surface area contributed by atoms with E-state index in [-0.39, 0.29) is 5.82 Å². The summed E-state index contributed by atoms with van der Waals surface area (Å²) < 4.78 is 12.3. The third-order valence-corrected chi connectivity index (χ3v) is 1.13. The standard InChI is InChI=1S/C6H8FN/c1-2-6-5(7)3-4-8-6/h3-4,8H,2H2,1H3. The Balaban J connectivity index is 2.92. The Morgan fingerprint density at radius 1 is 1.75 bits per heavy atom. The molecule has 1 heterocycles. The van der Waals surface area contributed by atoms with Crippen LogP contribution >= 0.6 is 0 Å². The largest absolute Gasteiger partial charge is 0.363 e. The number of rotatable bonds is 1. The lowest BCUT2D eigenvalue weighted by molar-refractivity contribution is 0.612. The third-order valence-electron chi connectivity index (χ3n) is 1.13. The molecule has 1 nitrogen and oxygen atoms in total. The minimum Gasteiger partial charge on any atom is -0.363 e. The van der Waals surface area contributed by atoms with Gasteiger partial charge in [0.1, 0.15) is 5.82 Å². The molecule has 0 bridgehead atoms. The molecule has 0 amide bonds. The van der Waals surface area contributed by atoms with E-state index < -0.39 is 0 Å². The summed E-state index contributed by atoms with van der Waals surface area (Å²) in [5.41, 5.74) is 0.685. The molecule has 1 aromatic heterocycles. The Kier molecular flexibility index (Phi) is 1.33. The number of aromatic nitrogens is 1. The van der Waals surface area contributed by atoms with Gasteiger partial charge in [-0.05, 0) is 12.5 Å². The summed E-state index contributed by atoms with van der Waals surface area (Å²) in [5, 5.41) is 0. The molecule has 8 heavy (non-hydrogen) atoms. The van der Waals surface area contributed by atoms with E-state index in [2.05, 4.69) is 4.98 Å². The first-order valence-corrected chi connectivity index (χ1v) is 2.66. The highest BCUT2D eigenvalue weighted by Gasteiger charge is 1.95. The van der Waals surface area contributed by atoms with E-state index in [1.165, 1.54) is 6.07 Å². The van der Waals surface area contributed by atoms with E-state index in [4.69, 9.17) is 0 Å². The summed E-state index contributed by atoms with van der Waals surface area (Å²) in [7, 11) is 0. The number of aryl methyl sites for hydroxylation is 1. The van der Waals surface area contributed by atoms with Crippen LogP contribution in [0.15, 0.2) is 12.3 Å². The molecule has 0 fully saturated rings. The lowest BCUT2D eigenvalue weighted by atomic mass is 10.3. The fraction of sp³-hybridized carbons (Fsp3) is 0.333. The molecule has 0 aliphatic rings. The zero-order valence-corrected chi connectivity index (χ0v) is 4.74. The maximum absolute atomic E-state index is 12.3. The quantitative estimate of drug-likeness (QED) is 0.570. The monoisotopic (exact) mass is 113 g/mol. The van der Waals surface area contributed by atoms with Gasteiger partial charge in [0.15, 0.2) is 0 Å². The van der Waals surface area contributed by atoms with Crippen LogP contribution in [0.3, 0.4) is 0 Å². The molecule has 0 spiro atoms. The van der Waals surface area contributed by atoms with Crippen LogP contribution in [0.2, 0.25) is 0 Å². The highest BCUT2D eigenvalue weighted by Crippen LogP contribution is 2.02. The lowest BCUT2D eigenvalue weighted by Gasteiger charge is -1.85. The molecule has 0 saturated carbocycles. The molecule has 0 unspecified atom stereocenters. The molecule has 44 valence electrons. The van der Waals surface area contributed by atoms with E-state index in [0.717, 1.165) is 6.42 Å². The van der Waals surface area contributed by atoms with Crippen molar-refractivity contribution >= 4 is 0 Å². The topological polar surface area (TPSA) is 15.8 Å². The van der Waals surface area contributed by atoms with Crippen molar-refractivity contribution in [2.75, 3.05) is 0 Å². The van der Waals surface area contributed by atoms with Gasteiger partial charge in [-0.1, -0.05) is 6.92 Å². The number of halogens is 1. The van der Waals surface area contributed by atoms with Crippen LogP contribution in [-0.2, 0) is 6.42 Å². The van der Waals surface area contributed by atoms with E-state index in [0.29, 0.717) is 5.69 Å². The molecule has 2 heteroatoms. The molecule has 1 aromatic rings. The Labute approximate surface area is 47.5 Å². The molecular weight excluding hydrogens is 105 g/mol. The van der Waals surface area contributed by atoms with Crippen LogP contribution in [0.1, 0.15) is 12.6 Å². The average Bonchev–Trinajstić information content (AvgIpc) is 2.14. The second-order valence-corrected chi connectivity index (χ2v) is 1.66. The van der Waals surface area contributed by atoms with Gasteiger partial charge in [0.2, 0.25) is 0 Å². The molecule has 0 aromatic carbocycles. The van der Waals surface area contributed by atoms with E-state index >= 15 is 0 Å². The number of nitrogens with one attached hydrogen (secondary N) is 1. The van der Waals surface area contributed by atoms with Crippen LogP contribution < -0.4 is 0 Å². The fourth-order valence-electron chi connectivity index (χ4n) is 0.656. The summed E-state index contributed by atoms with van der Waals surface area (Å²) >= 11 is 0. The average molecular weight is 113 g/mol. The summed E-state index contributed by atoms with van der Waals surface area (Å²) in [5.74, 6) is -0.132. The van der Waals surface area contributed by atoms with Gasteiger partial charge in [-0.3, -0.25) is 0 Å². The highest BCUT2D eigenvalue weighted by molar-refractivity contribution is 5.06. The zero-order valence-electron chi connectivity index (χ0n) is 4.74. The Morgan fingerprint density at radius 2 is 2.50 bits per heavy atom. The number of hydrogen-bond acceptors (Lipinski definition) is 0. The van der Waals surface area contributed by atoms with Crippen molar-refractivity contribution in [1.82, 2.24) is 4.98 Å². The lowest BCUT2D eigenvalue weighted by Crippen LogP contribution is -1.80. The van der Waals surface area contributed by atoms with Crippen LogP contribution in [0.5, 0.6) is 0 Å². The Morgan fingerprint density at radius 3 is 2.75 bits per heavy atom. The molecule has 1 rings (SSSR count). The first-order valence-electron chi connectivity index (χ1n) is 2.66. The molecule has 0 aliphatic heterocycles. The SMILES string of the molecule is CCc1[nH]ccc1F. The summed E-state index contributed by atoms with van der Waals surface area (Å²) in [6.07, 6.45) is 2.34. The first-order chi connectivity index (χ1) is 3.84. The van der Waals surface area contributed by atoms with Crippen molar-refractivity contribution in [2.45, 2.75) is 13.3 Å². The van der Waals surface area contributed by atoms with E-state index in [9.17, 15) is 4.39 Å². The van der Waals surface area contributed by atoms with E-state index in [1.54, 1.807) is 6.20 Å². The van der Waals surface area contributed by atoms with Gasteiger partial charge in [-0.2, -0.15) is 0 Å². The smallest absolute Gasteiger partial charge is 0.143 e. The maximum atomic E-state index is 12.3. The van der Waals surface area contributed by atoms with Crippen LogP contribution in [0, 0.1) is 5.82 Å². The van der Waals surface area contributed by atoms with Crippen molar-refractivity contribution in [2.24, 2.45) is 0 Å². The number of H-pyrrole nitrogens is 1. The Bertz CT molecular complexity index is 169. The summed E-state index contributed by atoms with van der Waals surface area (Å²) in [6.45, 7) is 1.91. The minimum atomic E-state index is -0.132. The molecule has 0 saturated heterocycles. The van der Waals surface area contributed by atoms with Gasteiger partial charge < -0.3 is 4.98 Å². The van der Waals surface area contributed by atoms with Crippen molar-refractivity contribution in [3.63, 3.8) is 0 Å². The summed E-state index contributed by atoms with van der Waals surface area (Å²) in [6, 6.07) is 1.43. The summed E-state index contributed by atoms with van der Waals surface area (Å²) in [4.78, 5) is 2.78. The van der Waals surface area contributed by atoms with Crippen molar-refractivity contribution in [1.29, 1.82) is 0 Å². The second-order valence-electron chi connectivity index (χ2n) is 1.66. The molecular formula is C6H8FN. The molecule has 1 N–H and O–H groups in total. The number of aromatic amines is 1. The van der Waals surface area contributed by atoms with Gasteiger partial charge >= 0.3 is 0 Å². The fourth-order valence-corrected chi connectivity index (χ4v) is 0.656. The van der Waals surface area contributed by atoms with Gasteiger partial charge in [-0.15, -0.1) is 0 Å². The first kappa shape index (κ1) is 5.35. The van der Waals surface area contributed by atoms with Crippen LogP contribution in [-0.4, -0.2) is 4.98 Å². The molecule has 0 aliphatic carbocycles. The third kappa shape index (κ3) is 0.735. The Hall–Kier alpha value is -0.790. The van der Waals surface area contributed by atoms with Crippen LogP contribution in [0.4, 0.5) is 4.39 Å². The molecule has 0 atom stereocenters. The van der Waals surface area contributed by atoms with Gasteiger partial charge in [-0.25, -0.2) is 4.39 Å². The van der Waals surface area contributed by atoms with Gasteiger partial charge in [0.05, 0.1) is 5.69 Å². The zero-order chi connectivity index (χ0) is 5.98. The van der Waals surface area contributed by atoms with Crippen molar-refractivity contribution < 1.29 is 4.39 Å². The predicted octanol–water partition coefficient (Wildman–Crippen LogP) is 1.72. The van der Waals surface area contributed by atoms with Gasteiger partial charge in [0, 0.05) is 6.20 Å². The molecule has 0 radical (unpaired) electrons. The van der Waals surface area contributed by atoms with Gasteiger partial charge in [0.25, 0.3) is 0 Å². The van der Waals surface area contributed by atoms with Crippen LogP contribution in [0.25, 0.3) is 0 Å². The number of hydrogen-bond donors (Lipinski definition) is 1.